The third-order valence-corrected chi connectivity index (χ3v) is 10.6. The van der Waals surface area contributed by atoms with Crippen LogP contribution in [0.25, 0.3) is 45.6 Å². The van der Waals surface area contributed by atoms with Gasteiger partial charge in [0.05, 0.1) is 35.3 Å². The zero-order chi connectivity index (χ0) is 44.9. The van der Waals surface area contributed by atoms with Gasteiger partial charge in [-0.05, 0) is 83.1 Å². The predicted molar refractivity (Wildman–Crippen MR) is 231 cm³/mol. The third-order valence-electron chi connectivity index (χ3n) is 10.6. The third kappa shape index (κ3) is 7.66. The molecule has 1 aliphatic carbocycles. The van der Waals surface area contributed by atoms with Crippen LogP contribution in [0.1, 0.15) is 58.1 Å². The Bertz CT molecular complexity index is 3280. The summed E-state index contributed by atoms with van der Waals surface area (Å²) < 4.78 is 12.4. The molecule has 0 fully saturated rings. The highest BCUT2D eigenvalue weighted by atomic mass is 16.5. The number of benzene rings is 6. The first-order valence-electron chi connectivity index (χ1n) is 19.2. The van der Waals surface area contributed by atoms with Gasteiger partial charge >= 0.3 is 17.9 Å². The van der Waals surface area contributed by atoms with Crippen molar-refractivity contribution in [2.45, 2.75) is 6.54 Å². The molecule has 314 valence electrons. The lowest BCUT2D eigenvalue weighted by Gasteiger charge is -2.24. The summed E-state index contributed by atoms with van der Waals surface area (Å²) in [5.41, 5.74) is 1.89. The minimum atomic E-state index is -1.42. The molecule has 63 heavy (non-hydrogen) atoms. The summed E-state index contributed by atoms with van der Waals surface area (Å²) in [5.74, 6) is -4.80. The van der Waals surface area contributed by atoms with Gasteiger partial charge in [-0.2, -0.15) is 0 Å². The number of amides is 2. The highest BCUT2D eigenvalue weighted by Crippen LogP contribution is 2.44. The predicted octanol–water partition coefficient (Wildman–Crippen LogP) is 5.24. The lowest BCUT2D eigenvalue weighted by atomic mass is 9.88. The van der Waals surface area contributed by atoms with E-state index in [9.17, 15) is 49.2 Å². The van der Waals surface area contributed by atoms with Gasteiger partial charge in [0.15, 0.2) is 5.43 Å². The molecule has 2 aliphatic heterocycles. The number of carbonyl (C=O) groups is 5. The largest absolute Gasteiger partial charge is 0.507 e. The van der Waals surface area contributed by atoms with Gasteiger partial charge in [0, 0.05) is 70.3 Å². The summed E-state index contributed by atoms with van der Waals surface area (Å²) >= 11 is 0. The number of rotatable bonds is 11. The maximum absolute atomic E-state index is 13.4. The van der Waals surface area contributed by atoms with Crippen LogP contribution < -0.4 is 36.1 Å². The Labute approximate surface area is 356 Å². The number of hydrogen-bond donors (Lipinski definition) is 6. The number of nitrogens with one attached hydrogen (secondary N) is 2. The number of aromatic hydroxyl groups is 1. The number of carbonyl (C=O) groups excluding carboxylic acids is 2. The average Bonchev–Trinajstić information content (AvgIpc) is 3.25. The number of anilines is 1. The summed E-state index contributed by atoms with van der Waals surface area (Å²) in [6.45, 7) is 3.08. The Kier molecular flexibility index (Phi) is 10.4. The van der Waals surface area contributed by atoms with E-state index < -0.39 is 41.7 Å². The molecule has 0 radical (unpaired) electrons. The van der Waals surface area contributed by atoms with Crippen molar-refractivity contribution in [2.75, 3.05) is 25.5 Å². The molecule has 0 spiro atoms. The van der Waals surface area contributed by atoms with E-state index >= 15 is 0 Å². The van der Waals surface area contributed by atoms with E-state index in [0.717, 1.165) is 11.8 Å². The van der Waals surface area contributed by atoms with Crippen molar-refractivity contribution in [1.82, 2.24) is 10.6 Å². The molecule has 3 aliphatic rings. The number of nitrogens with zero attached hydrogens (tertiary/aromatic N) is 1. The van der Waals surface area contributed by atoms with Gasteiger partial charge in [0.2, 0.25) is 5.91 Å². The normalized spacial score (nSPS) is 11.6. The van der Waals surface area contributed by atoms with Crippen LogP contribution in [0.4, 0.5) is 5.69 Å². The van der Waals surface area contributed by atoms with Crippen LogP contribution in [0.15, 0.2) is 112 Å². The van der Waals surface area contributed by atoms with E-state index in [1.54, 1.807) is 18.2 Å². The minimum absolute atomic E-state index is 0.00929. The van der Waals surface area contributed by atoms with Gasteiger partial charge in [-0.15, -0.1) is 0 Å². The fraction of sp³-hybridized carbons (Fsp3) is 0.0833. The quantitative estimate of drug-likeness (QED) is 0.0916. The summed E-state index contributed by atoms with van der Waals surface area (Å²) in [6.07, 6.45) is 0. The Morgan fingerprint density at radius 1 is 0.683 bits per heavy atom. The van der Waals surface area contributed by atoms with Crippen LogP contribution in [0.2, 0.25) is 0 Å². The van der Waals surface area contributed by atoms with Crippen molar-refractivity contribution >= 4 is 58.5 Å². The lowest BCUT2D eigenvalue weighted by Crippen LogP contribution is -2.36. The zero-order valence-electron chi connectivity index (χ0n) is 33.4. The Morgan fingerprint density at radius 2 is 1.37 bits per heavy atom. The van der Waals surface area contributed by atoms with Crippen molar-refractivity contribution in [3.63, 3.8) is 0 Å². The Balaban J connectivity index is 1.07. The maximum atomic E-state index is 13.4. The van der Waals surface area contributed by atoms with E-state index in [4.69, 9.17) is 9.15 Å². The van der Waals surface area contributed by atoms with Gasteiger partial charge in [-0.3, -0.25) is 14.4 Å². The average molecular weight is 846 g/mol. The molecule has 5 aromatic rings. The molecule has 15 heteroatoms. The van der Waals surface area contributed by atoms with Crippen LogP contribution in [-0.4, -0.2) is 70.8 Å². The second-order valence-corrected chi connectivity index (χ2v) is 14.9. The fourth-order valence-corrected chi connectivity index (χ4v) is 7.60. The molecule has 2 heterocycles. The zero-order valence-corrected chi connectivity index (χ0v) is 33.4. The van der Waals surface area contributed by atoms with E-state index in [0.29, 0.717) is 44.2 Å². The van der Waals surface area contributed by atoms with Gasteiger partial charge in [0.1, 0.15) is 28.6 Å². The summed E-state index contributed by atoms with van der Waals surface area (Å²) in [4.78, 5) is 77.9. The molecular formula is C48H35N3O12. The van der Waals surface area contributed by atoms with E-state index in [-0.39, 0.29) is 68.0 Å². The summed E-state index contributed by atoms with van der Waals surface area (Å²) in [6, 6.07) is 25.4. The number of hydrogen-bond acceptors (Lipinski definition) is 10. The molecule has 0 bridgehead atoms. The number of phenolic OH excluding ortho intramolecular Hbond substituents is 1. The molecule has 0 atom stereocenters. The minimum Gasteiger partial charge on any atom is -0.507 e. The SMILES string of the molecule is C=c1ccc2c(c1)Oc1cc(N(C)C)ccc1C=2c1ccc(C(=O)NCC(=O)NCc2c(O)ccc3c(-c4ccc(C(=O)O)cc4C(=O)O)c4ccc(=O)cc-4oc23)cc1C(=O)O. The van der Waals surface area contributed by atoms with Gasteiger partial charge in [0.25, 0.3) is 5.91 Å². The van der Waals surface area contributed by atoms with Crippen molar-refractivity contribution in [2.24, 2.45) is 0 Å². The monoisotopic (exact) mass is 845 g/mol. The topological polar surface area (TPSA) is 233 Å². The van der Waals surface area contributed by atoms with Gasteiger partial charge < -0.3 is 45.1 Å². The first-order valence-corrected chi connectivity index (χ1v) is 19.2. The highest BCUT2D eigenvalue weighted by molar-refractivity contribution is 6.09. The first kappa shape index (κ1) is 41.0. The standard InChI is InChI=1S/C48H35N3O12/c1-23-4-9-30-38(16-23)62-39-19-26(51(2)3)7-12-31(39)42(30)28-10-5-24(17-34(28)47(58)59)45(55)50-22-41(54)49-21-36-37(53)15-14-33-43(32-13-8-27(52)20-40(32)63-44(33)36)29-11-6-25(46(56)57)18-35(29)48(60)61/h4-20,53H,1,21-22H2,2-3H3,(H,49,54)(H,50,55)(H,56,57)(H,58,59)(H,60,61). The molecule has 6 N–H and O–H groups in total. The van der Waals surface area contributed by atoms with Gasteiger partial charge in [-0.25, -0.2) is 14.4 Å². The number of carboxylic acids is 3. The van der Waals surface area contributed by atoms with Crippen LogP contribution in [0.5, 0.6) is 17.2 Å². The lowest BCUT2D eigenvalue weighted by molar-refractivity contribution is -0.120. The summed E-state index contributed by atoms with van der Waals surface area (Å²) in [5, 5.41) is 47.8. The molecule has 0 aromatic heterocycles. The molecule has 2 amide bonds. The maximum Gasteiger partial charge on any atom is 0.336 e. The van der Waals surface area contributed by atoms with Crippen LogP contribution in [-0.2, 0) is 11.3 Å². The van der Waals surface area contributed by atoms with Crippen LogP contribution in [0.3, 0.4) is 0 Å². The molecule has 15 nitrogen and oxygen atoms in total. The van der Waals surface area contributed by atoms with Crippen molar-refractivity contribution in [3.05, 3.63) is 163 Å². The molecule has 0 saturated carbocycles. The van der Waals surface area contributed by atoms with E-state index in [2.05, 4.69) is 17.2 Å². The highest BCUT2D eigenvalue weighted by Gasteiger charge is 2.27. The van der Waals surface area contributed by atoms with E-state index in [1.165, 1.54) is 60.7 Å². The number of fused-ring (bicyclic) bond motifs is 4. The molecule has 0 unspecified atom stereocenters. The second kappa shape index (κ2) is 16.0. The van der Waals surface area contributed by atoms with Crippen LogP contribution in [0, 0.1) is 0 Å². The Morgan fingerprint density at radius 3 is 2.10 bits per heavy atom. The Hall–Kier alpha value is -8.72. The first-order chi connectivity index (χ1) is 30.1. The van der Waals surface area contributed by atoms with E-state index in [1.807, 2.05) is 37.2 Å². The molecule has 5 aromatic carbocycles. The number of aromatic carboxylic acids is 3. The van der Waals surface area contributed by atoms with Crippen LogP contribution >= 0.6 is 0 Å². The summed E-state index contributed by atoms with van der Waals surface area (Å²) in [7, 11) is 3.77. The second-order valence-electron chi connectivity index (χ2n) is 14.9. The fourth-order valence-electron chi connectivity index (χ4n) is 7.60. The molecule has 8 rings (SSSR count). The van der Waals surface area contributed by atoms with Crippen molar-refractivity contribution in [3.8, 4) is 39.7 Å². The smallest absolute Gasteiger partial charge is 0.336 e. The van der Waals surface area contributed by atoms with Gasteiger partial charge in [-0.1, -0.05) is 30.8 Å². The number of phenols is 1. The van der Waals surface area contributed by atoms with Crippen molar-refractivity contribution < 1.29 is 53.6 Å². The molecular weight excluding hydrogens is 811 g/mol. The number of carboxylic acid groups (broad SMARTS) is 3. The number of ether oxygens (including phenoxy) is 1. The van der Waals surface area contributed by atoms with Crippen molar-refractivity contribution in [1.29, 1.82) is 0 Å². The molecule has 0 saturated heterocycles.